The van der Waals surface area contributed by atoms with Crippen LogP contribution in [0.5, 0.6) is 0 Å². The van der Waals surface area contributed by atoms with Crippen molar-refractivity contribution in [2.45, 2.75) is 46.1 Å². The standard InChI is InChI=1S/C20H29NO4/c1-4-14(2)13-25-20(23)18(16-8-10-24-11-9-16)21-19(22)17-7-5-6-15(3)12-17/h5-7,12,14,16,18H,4,8-11,13H2,1-3H3,(H,21,22). The third-order valence-electron chi connectivity index (χ3n) is 4.77. The number of hydrogen-bond acceptors (Lipinski definition) is 4. The van der Waals surface area contributed by atoms with Crippen molar-refractivity contribution in [2.24, 2.45) is 11.8 Å². The second kappa shape index (κ2) is 9.56. The van der Waals surface area contributed by atoms with Gasteiger partial charge < -0.3 is 14.8 Å². The highest BCUT2D eigenvalue weighted by Gasteiger charge is 2.33. The van der Waals surface area contributed by atoms with Crippen LogP contribution in [0, 0.1) is 18.8 Å². The van der Waals surface area contributed by atoms with Gasteiger partial charge in [-0.05, 0) is 43.7 Å². The summed E-state index contributed by atoms with van der Waals surface area (Å²) in [7, 11) is 0. The summed E-state index contributed by atoms with van der Waals surface area (Å²) in [5.41, 5.74) is 1.57. The molecule has 1 aromatic carbocycles. The molecule has 1 aromatic rings. The Hall–Kier alpha value is -1.88. The summed E-state index contributed by atoms with van der Waals surface area (Å²) in [5.74, 6) is -0.215. The Labute approximate surface area is 150 Å². The molecule has 2 atom stereocenters. The minimum absolute atomic E-state index is 0.0481. The van der Waals surface area contributed by atoms with Crippen molar-refractivity contribution in [2.75, 3.05) is 19.8 Å². The molecule has 0 aromatic heterocycles. The van der Waals surface area contributed by atoms with Crippen LogP contribution in [-0.2, 0) is 14.3 Å². The van der Waals surface area contributed by atoms with E-state index in [1.165, 1.54) is 0 Å². The largest absolute Gasteiger partial charge is 0.464 e. The van der Waals surface area contributed by atoms with Gasteiger partial charge in [0.1, 0.15) is 6.04 Å². The quantitative estimate of drug-likeness (QED) is 0.770. The number of carbonyl (C=O) groups excluding carboxylic acids is 2. The number of amides is 1. The van der Waals surface area contributed by atoms with Gasteiger partial charge >= 0.3 is 5.97 Å². The normalized spacial score (nSPS) is 17.6. The lowest BCUT2D eigenvalue weighted by Gasteiger charge is -2.29. The molecule has 25 heavy (non-hydrogen) atoms. The zero-order valence-electron chi connectivity index (χ0n) is 15.4. The molecular weight excluding hydrogens is 318 g/mol. The average molecular weight is 347 g/mol. The summed E-state index contributed by atoms with van der Waals surface area (Å²) in [4.78, 5) is 25.2. The Morgan fingerprint density at radius 1 is 1.32 bits per heavy atom. The van der Waals surface area contributed by atoms with Crippen LogP contribution in [0.1, 0.15) is 49.0 Å². The average Bonchev–Trinajstić information content (AvgIpc) is 2.64. The highest BCUT2D eigenvalue weighted by molar-refractivity contribution is 5.97. The van der Waals surface area contributed by atoms with Gasteiger partial charge in [0, 0.05) is 18.8 Å². The van der Waals surface area contributed by atoms with Gasteiger partial charge in [0.2, 0.25) is 0 Å². The molecule has 0 spiro atoms. The van der Waals surface area contributed by atoms with Crippen LogP contribution in [0.3, 0.4) is 0 Å². The van der Waals surface area contributed by atoms with Crippen LogP contribution in [-0.4, -0.2) is 37.7 Å². The second-order valence-corrected chi connectivity index (χ2v) is 6.91. The molecule has 2 unspecified atom stereocenters. The number of hydrogen-bond donors (Lipinski definition) is 1. The molecule has 0 radical (unpaired) electrons. The smallest absolute Gasteiger partial charge is 0.328 e. The van der Waals surface area contributed by atoms with Crippen molar-refractivity contribution in [3.05, 3.63) is 35.4 Å². The Morgan fingerprint density at radius 2 is 2.04 bits per heavy atom. The van der Waals surface area contributed by atoms with Gasteiger partial charge in [0.25, 0.3) is 5.91 Å². The van der Waals surface area contributed by atoms with Gasteiger partial charge in [0.15, 0.2) is 0 Å². The molecule has 0 aliphatic carbocycles. The molecule has 0 saturated carbocycles. The van der Waals surface area contributed by atoms with Crippen molar-refractivity contribution in [1.29, 1.82) is 0 Å². The number of benzene rings is 1. The molecule has 1 aliphatic heterocycles. The van der Waals surface area contributed by atoms with E-state index in [2.05, 4.69) is 12.2 Å². The molecule has 5 heteroatoms. The summed E-state index contributed by atoms with van der Waals surface area (Å²) in [6, 6.07) is 6.73. The van der Waals surface area contributed by atoms with Crippen molar-refractivity contribution in [3.63, 3.8) is 0 Å². The third-order valence-corrected chi connectivity index (χ3v) is 4.77. The maximum atomic E-state index is 12.6. The number of carbonyl (C=O) groups is 2. The fourth-order valence-electron chi connectivity index (χ4n) is 2.86. The van der Waals surface area contributed by atoms with Crippen LogP contribution in [0.4, 0.5) is 0 Å². The van der Waals surface area contributed by atoms with Crippen LogP contribution < -0.4 is 5.32 Å². The van der Waals surface area contributed by atoms with E-state index in [0.29, 0.717) is 31.3 Å². The summed E-state index contributed by atoms with van der Waals surface area (Å²) < 4.78 is 10.9. The minimum Gasteiger partial charge on any atom is -0.464 e. The van der Waals surface area contributed by atoms with Gasteiger partial charge in [-0.25, -0.2) is 4.79 Å². The van der Waals surface area contributed by atoms with Crippen LogP contribution >= 0.6 is 0 Å². The maximum absolute atomic E-state index is 12.6. The topological polar surface area (TPSA) is 64.6 Å². The van der Waals surface area contributed by atoms with E-state index in [4.69, 9.17) is 9.47 Å². The summed E-state index contributed by atoms with van der Waals surface area (Å²) in [6.45, 7) is 7.65. The van der Waals surface area contributed by atoms with E-state index in [1.54, 1.807) is 6.07 Å². The molecular formula is C20H29NO4. The summed E-state index contributed by atoms with van der Waals surface area (Å²) in [5, 5.41) is 2.90. The van der Waals surface area contributed by atoms with E-state index in [9.17, 15) is 9.59 Å². The molecule has 0 bridgehead atoms. The molecule has 2 rings (SSSR count). The lowest BCUT2D eigenvalue weighted by molar-refractivity contribution is -0.149. The van der Waals surface area contributed by atoms with E-state index < -0.39 is 6.04 Å². The van der Waals surface area contributed by atoms with Crippen molar-refractivity contribution >= 4 is 11.9 Å². The van der Waals surface area contributed by atoms with Gasteiger partial charge in [-0.2, -0.15) is 0 Å². The van der Waals surface area contributed by atoms with E-state index in [1.807, 2.05) is 32.0 Å². The lowest BCUT2D eigenvalue weighted by atomic mass is 9.91. The molecule has 1 fully saturated rings. The summed E-state index contributed by atoms with van der Waals surface area (Å²) >= 11 is 0. The number of rotatable bonds is 7. The van der Waals surface area contributed by atoms with Crippen molar-refractivity contribution in [1.82, 2.24) is 5.32 Å². The van der Waals surface area contributed by atoms with E-state index in [0.717, 1.165) is 24.8 Å². The Bertz CT molecular complexity index is 581. The zero-order chi connectivity index (χ0) is 18.2. The molecule has 1 saturated heterocycles. The van der Waals surface area contributed by atoms with Gasteiger partial charge in [-0.15, -0.1) is 0 Å². The summed E-state index contributed by atoms with van der Waals surface area (Å²) in [6.07, 6.45) is 2.44. The minimum atomic E-state index is -0.624. The first-order valence-corrected chi connectivity index (χ1v) is 9.13. The first kappa shape index (κ1) is 19.4. The predicted octanol–water partition coefficient (Wildman–Crippen LogP) is 3.11. The zero-order valence-corrected chi connectivity index (χ0v) is 15.4. The SMILES string of the molecule is CCC(C)COC(=O)C(NC(=O)c1cccc(C)c1)C1CCOCC1. The van der Waals surface area contributed by atoms with E-state index >= 15 is 0 Å². The molecule has 1 aliphatic rings. The Balaban J connectivity index is 2.07. The number of nitrogens with one attached hydrogen (secondary N) is 1. The number of esters is 1. The second-order valence-electron chi connectivity index (χ2n) is 6.91. The number of ether oxygens (including phenoxy) is 2. The monoisotopic (exact) mass is 347 g/mol. The Morgan fingerprint density at radius 3 is 2.68 bits per heavy atom. The first-order valence-electron chi connectivity index (χ1n) is 9.13. The van der Waals surface area contributed by atoms with Gasteiger partial charge in [-0.3, -0.25) is 4.79 Å². The van der Waals surface area contributed by atoms with Crippen LogP contribution in [0.2, 0.25) is 0 Å². The molecule has 5 nitrogen and oxygen atoms in total. The Kier molecular flexibility index (Phi) is 7.44. The first-order chi connectivity index (χ1) is 12.0. The van der Waals surface area contributed by atoms with E-state index in [-0.39, 0.29) is 17.8 Å². The fraction of sp³-hybridized carbons (Fsp3) is 0.600. The number of aryl methyl sites for hydroxylation is 1. The van der Waals surface area contributed by atoms with Crippen molar-refractivity contribution < 1.29 is 19.1 Å². The molecule has 1 N–H and O–H groups in total. The molecule has 1 amide bonds. The highest BCUT2D eigenvalue weighted by Crippen LogP contribution is 2.21. The van der Waals surface area contributed by atoms with Gasteiger partial charge in [0.05, 0.1) is 6.61 Å². The van der Waals surface area contributed by atoms with Crippen LogP contribution in [0.25, 0.3) is 0 Å². The molecule has 1 heterocycles. The fourth-order valence-corrected chi connectivity index (χ4v) is 2.86. The highest BCUT2D eigenvalue weighted by atomic mass is 16.5. The lowest BCUT2D eigenvalue weighted by Crippen LogP contribution is -2.48. The van der Waals surface area contributed by atoms with Crippen molar-refractivity contribution in [3.8, 4) is 0 Å². The van der Waals surface area contributed by atoms with Gasteiger partial charge in [-0.1, -0.05) is 38.0 Å². The predicted molar refractivity (Wildman–Crippen MR) is 96.4 cm³/mol. The van der Waals surface area contributed by atoms with Crippen LogP contribution in [0.15, 0.2) is 24.3 Å². The molecule has 138 valence electrons. The maximum Gasteiger partial charge on any atom is 0.328 e. The third kappa shape index (κ3) is 5.85.